The van der Waals surface area contributed by atoms with Crippen LogP contribution in [0.15, 0.2) is 63.8 Å². The largest absolute Gasteiger partial charge is 0.423 e. The molecule has 0 amide bonds. The summed E-state index contributed by atoms with van der Waals surface area (Å²) in [6.07, 6.45) is 0. The fraction of sp³-hybridized carbons (Fsp3) is 0.0625. The maximum absolute atomic E-state index is 11.4. The van der Waals surface area contributed by atoms with E-state index in [1.807, 2.05) is 55.5 Å². The Balaban J connectivity index is 2.26. The van der Waals surface area contributed by atoms with E-state index in [-0.39, 0.29) is 5.63 Å². The molecule has 18 heavy (non-hydrogen) atoms. The molecule has 0 aliphatic heterocycles. The van der Waals surface area contributed by atoms with Crippen molar-refractivity contribution < 1.29 is 4.42 Å². The first-order valence-corrected chi connectivity index (χ1v) is 5.84. The monoisotopic (exact) mass is 236 g/mol. The predicted molar refractivity (Wildman–Crippen MR) is 72.7 cm³/mol. The van der Waals surface area contributed by atoms with Gasteiger partial charge in [0.15, 0.2) is 0 Å². The number of fused-ring (bicyclic) bond motifs is 1. The van der Waals surface area contributed by atoms with Gasteiger partial charge in [0, 0.05) is 11.5 Å². The molecular formula is C16H12O2. The van der Waals surface area contributed by atoms with Gasteiger partial charge in [-0.1, -0.05) is 42.5 Å². The number of benzene rings is 2. The third kappa shape index (κ3) is 1.82. The highest BCUT2D eigenvalue weighted by molar-refractivity contribution is 5.84. The summed E-state index contributed by atoms with van der Waals surface area (Å²) in [5.41, 5.74) is 3.45. The lowest BCUT2D eigenvalue weighted by atomic mass is 10.0. The Morgan fingerprint density at radius 2 is 1.67 bits per heavy atom. The molecule has 0 unspecified atom stereocenters. The molecule has 0 radical (unpaired) electrons. The SMILES string of the molecule is Cc1cc(=O)oc2cc(-c3ccccc3)ccc12. The van der Waals surface area contributed by atoms with E-state index >= 15 is 0 Å². The van der Waals surface area contributed by atoms with Crippen LogP contribution in [0.25, 0.3) is 22.1 Å². The Labute approximate surface area is 105 Å². The smallest absolute Gasteiger partial charge is 0.336 e. The van der Waals surface area contributed by atoms with Crippen LogP contribution >= 0.6 is 0 Å². The molecule has 0 aliphatic rings. The number of hydrogen-bond acceptors (Lipinski definition) is 2. The minimum absolute atomic E-state index is 0.301. The molecule has 0 saturated carbocycles. The van der Waals surface area contributed by atoms with E-state index in [2.05, 4.69) is 0 Å². The van der Waals surface area contributed by atoms with Crippen molar-refractivity contribution in [3.63, 3.8) is 0 Å². The zero-order valence-corrected chi connectivity index (χ0v) is 10.0. The van der Waals surface area contributed by atoms with E-state index in [4.69, 9.17) is 4.42 Å². The molecule has 0 bridgehead atoms. The molecule has 2 heteroatoms. The fourth-order valence-electron chi connectivity index (χ4n) is 2.14. The number of aryl methyl sites for hydroxylation is 1. The summed E-state index contributed by atoms with van der Waals surface area (Å²) in [6.45, 7) is 1.92. The van der Waals surface area contributed by atoms with Gasteiger partial charge in [-0.2, -0.15) is 0 Å². The Bertz CT molecular complexity index is 755. The summed E-state index contributed by atoms with van der Waals surface area (Å²) >= 11 is 0. The van der Waals surface area contributed by atoms with Crippen molar-refractivity contribution in [2.45, 2.75) is 6.92 Å². The highest BCUT2D eigenvalue weighted by Gasteiger charge is 2.04. The zero-order chi connectivity index (χ0) is 12.5. The molecule has 0 atom stereocenters. The van der Waals surface area contributed by atoms with Crippen molar-refractivity contribution >= 4 is 11.0 Å². The average molecular weight is 236 g/mol. The molecular weight excluding hydrogens is 224 g/mol. The topological polar surface area (TPSA) is 30.2 Å². The van der Waals surface area contributed by atoms with E-state index in [0.29, 0.717) is 5.58 Å². The second kappa shape index (κ2) is 4.15. The van der Waals surface area contributed by atoms with Crippen LogP contribution in [0.3, 0.4) is 0 Å². The van der Waals surface area contributed by atoms with E-state index in [9.17, 15) is 4.79 Å². The van der Waals surface area contributed by atoms with Gasteiger partial charge in [0.25, 0.3) is 0 Å². The summed E-state index contributed by atoms with van der Waals surface area (Å²) in [5.74, 6) is 0. The molecule has 1 heterocycles. The van der Waals surface area contributed by atoms with Gasteiger partial charge in [0.2, 0.25) is 0 Å². The average Bonchev–Trinajstić information content (AvgIpc) is 2.39. The highest BCUT2D eigenvalue weighted by Crippen LogP contribution is 2.24. The van der Waals surface area contributed by atoms with Gasteiger partial charge in [-0.25, -0.2) is 4.79 Å². The number of hydrogen-bond donors (Lipinski definition) is 0. The van der Waals surface area contributed by atoms with Gasteiger partial charge >= 0.3 is 5.63 Å². The molecule has 0 fully saturated rings. The van der Waals surface area contributed by atoms with Crippen LogP contribution < -0.4 is 5.63 Å². The quantitative estimate of drug-likeness (QED) is 0.602. The maximum atomic E-state index is 11.4. The first-order valence-electron chi connectivity index (χ1n) is 5.84. The summed E-state index contributed by atoms with van der Waals surface area (Å²) in [4.78, 5) is 11.4. The third-order valence-electron chi connectivity index (χ3n) is 3.06. The van der Waals surface area contributed by atoms with Crippen molar-refractivity contribution in [2.75, 3.05) is 0 Å². The van der Waals surface area contributed by atoms with Crippen molar-refractivity contribution in [1.29, 1.82) is 0 Å². The van der Waals surface area contributed by atoms with Gasteiger partial charge in [0.1, 0.15) is 5.58 Å². The van der Waals surface area contributed by atoms with Crippen LogP contribution in [0.4, 0.5) is 0 Å². The third-order valence-corrected chi connectivity index (χ3v) is 3.06. The van der Waals surface area contributed by atoms with Crippen LogP contribution in [-0.2, 0) is 0 Å². The Hall–Kier alpha value is -2.35. The van der Waals surface area contributed by atoms with E-state index in [1.165, 1.54) is 6.07 Å². The van der Waals surface area contributed by atoms with Crippen molar-refractivity contribution in [2.24, 2.45) is 0 Å². The van der Waals surface area contributed by atoms with Crippen molar-refractivity contribution in [1.82, 2.24) is 0 Å². The lowest BCUT2D eigenvalue weighted by Gasteiger charge is -2.04. The van der Waals surface area contributed by atoms with E-state index < -0.39 is 0 Å². The van der Waals surface area contributed by atoms with Crippen LogP contribution in [0.5, 0.6) is 0 Å². The molecule has 3 aromatic rings. The van der Waals surface area contributed by atoms with E-state index in [0.717, 1.165) is 22.1 Å². The molecule has 1 aromatic heterocycles. The standard InChI is InChI=1S/C16H12O2/c1-11-9-16(17)18-15-10-13(7-8-14(11)15)12-5-3-2-4-6-12/h2-10H,1H3. The first-order chi connectivity index (χ1) is 8.74. The Morgan fingerprint density at radius 1 is 0.889 bits per heavy atom. The van der Waals surface area contributed by atoms with Crippen LogP contribution in [0.1, 0.15) is 5.56 Å². The molecule has 0 N–H and O–H groups in total. The summed E-state index contributed by atoms with van der Waals surface area (Å²) in [6, 6.07) is 17.5. The normalized spacial score (nSPS) is 10.7. The molecule has 2 nitrogen and oxygen atoms in total. The zero-order valence-electron chi connectivity index (χ0n) is 10.0. The summed E-state index contributed by atoms with van der Waals surface area (Å²) in [7, 11) is 0. The van der Waals surface area contributed by atoms with Gasteiger partial charge < -0.3 is 4.42 Å². The molecule has 0 aliphatic carbocycles. The van der Waals surface area contributed by atoms with Gasteiger partial charge in [-0.3, -0.25) is 0 Å². The van der Waals surface area contributed by atoms with Crippen molar-refractivity contribution in [3.8, 4) is 11.1 Å². The highest BCUT2D eigenvalue weighted by atomic mass is 16.4. The maximum Gasteiger partial charge on any atom is 0.336 e. The molecule has 2 aromatic carbocycles. The fourth-order valence-corrected chi connectivity index (χ4v) is 2.14. The first kappa shape index (κ1) is 10.8. The van der Waals surface area contributed by atoms with Crippen molar-refractivity contribution in [3.05, 3.63) is 70.6 Å². The summed E-state index contributed by atoms with van der Waals surface area (Å²) in [5, 5.41) is 0.981. The molecule has 88 valence electrons. The van der Waals surface area contributed by atoms with Crippen LogP contribution in [0, 0.1) is 6.92 Å². The number of rotatable bonds is 1. The second-order valence-electron chi connectivity index (χ2n) is 4.33. The lowest BCUT2D eigenvalue weighted by Crippen LogP contribution is -1.97. The van der Waals surface area contributed by atoms with Crippen LogP contribution in [-0.4, -0.2) is 0 Å². The molecule has 3 rings (SSSR count). The minimum atomic E-state index is -0.301. The van der Waals surface area contributed by atoms with Gasteiger partial charge in [-0.05, 0) is 29.7 Å². The van der Waals surface area contributed by atoms with Crippen LogP contribution in [0.2, 0.25) is 0 Å². The summed E-state index contributed by atoms with van der Waals surface area (Å²) < 4.78 is 5.25. The molecule has 0 spiro atoms. The Morgan fingerprint density at radius 3 is 2.44 bits per heavy atom. The second-order valence-corrected chi connectivity index (χ2v) is 4.33. The van der Waals surface area contributed by atoms with Gasteiger partial charge in [0.05, 0.1) is 0 Å². The van der Waals surface area contributed by atoms with Gasteiger partial charge in [-0.15, -0.1) is 0 Å². The lowest BCUT2D eigenvalue weighted by molar-refractivity contribution is 0.560. The van der Waals surface area contributed by atoms with E-state index in [1.54, 1.807) is 0 Å². The molecule has 0 saturated heterocycles. The predicted octanol–water partition coefficient (Wildman–Crippen LogP) is 3.77. The minimum Gasteiger partial charge on any atom is -0.423 e. The Kier molecular flexibility index (Phi) is 2.49.